The van der Waals surface area contributed by atoms with Crippen LogP contribution in [0.5, 0.6) is 0 Å². The number of halogens is 3. The highest BCUT2D eigenvalue weighted by atomic mass is 32.1. The average Bonchev–Trinajstić information content (AvgIpc) is 2.44. The maximum Gasteiger partial charge on any atom is 0.416 e. The Balaban J connectivity index is 2.68. The van der Waals surface area contributed by atoms with E-state index in [0.717, 1.165) is 6.07 Å². The minimum Gasteiger partial charge on any atom is -0.351 e. The molecule has 0 amide bonds. The highest BCUT2D eigenvalue weighted by Crippen LogP contribution is 2.40. The largest absolute Gasteiger partial charge is 0.416 e. The topological polar surface area (TPSA) is 47.9 Å². The number of nitrogens with one attached hydrogen (secondary N) is 2. The van der Waals surface area contributed by atoms with Crippen molar-refractivity contribution in [3.8, 4) is 6.07 Å². The Morgan fingerprint density at radius 2 is 1.78 bits per heavy atom. The van der Waals surface area contributed by atoms with Gasteiger partial charge in [0.15, 0.2) is 5.11 Å². The van der Waals surface area contributed by atoms with Gasteiger partial charge in [-0.1, -0.05) is 39.0 Å². The molecule has 0 fully saturated rings. The molecule has 122 valence electrons. The van der Waals surface area contributed by atoms with Gasteiger partial charge in [-0.15, -0.1) is 0 Å². The van der Waals surface area contributed by atoms with Crippen molar-refractivity contribution in [3.05, 3.63) is 46.7 Å². The van der Waals surface area contributed by atoms with Crippen LogP contribution in [0.25, 0.3) is 0 Å². The van der Waals surface area contributed by atoms with Crippen molar-refractivity contribution in [1.29, 1.82) is 5.26 Å². The van der Waals surface area contributed by atoms with Crippen LogP contribution in [0.4, 0.5) is 13.2 Å². The maximum atomic E-state index is 13.3. The van der Waals surface area contributed by atoms with Crippen LogP contribution in [0.1, 0.15) is 37.9 Å². The first-order chi connectivity index (χ1) is 10.6. The molecule has 0 saturated heterocycles. The summed E-state index contributed by atoms with van der Waals surface area (Å²) in [6, 6.07) is 6.32. The van der Waals surface area contributed by atoms with Gasteiger partial charge in [0, 0.05) is 11.1 Å². The van der Waals surface area contributed by atoms with E-state index in [1.54, 1.807) is 0 Å². The molecule has 2 rings (SSSR count). The summed E-state index contributed by atoms with van der Waals surface area (Å²) in [6.07, 6.45) is -4.51. The van der Waals surface area contributed by atoms with Gasteiger partial charge < -0.3 is 10.6 Å². The molecule has 0 aromatic heterocycles. The van der Waals surface area contributed by atoms with Gasteiger partial charge in [-0.3, -0.25) is 0 Å². The summed E-state index contributed by atoms with van der Waals surface area (Å²) in [5.41, 5.74) is -0.498. The molecule has 0 unspecified atom stereocenters. The summed E-state index contributed by atoms with van der Waals surface area (Å²) in [7, 11) is 0. The van der Waals surface area contributed by atoms with Crippen LogP contribution in [-0.4, -0.2) is 5.11 Å². The Bertz CT molecular complexity index is 709. The molecule has 1 aromatic carbocycles. The monoisotopic (exact) mass is 339 g/mol. The van der Waals surface area contributed by atoms with E-state index in [0.29, 0.717) is 5.70 Å². The third-order valence-electron chi connectivity index (χ3n) is 3.52. The predicted octanol–water partition coefficient (Wildman–Crippen LogP) is 4.05. The quantitative estimate of drug-likeness (QED) is 0.758. The van der Waals surface area contributed by atoms with Gasteiger partial charge in [0.2, 0.25) is 0 Å². The minimum absolute atomic E-state index is 0.0119. The van der Waals surface area contributed by atoms with Gasteiger partial charge in [0.1, 0.15) is 0 Å². The Hall–Kier alpha value is -2.07. The lowest BCUT2D eigenvalue weighted by Crippen LogP contribution is -2.47. The Kier molecular flexibility index (Phi) is 4.40. The summed E-state index contributed by atoms with van der Waals surface area (Å²) >= 11 is 5.12. The summed E-state index contributed by atoms with van der Waals surface area (Å²) in [6.45, 7) is 5.61. The molecule has 0 bridgehead atoms. The van der Waals surface area contributed by atoms with Crippen molar-refractivity contribution in [2.24, 2.45) is 5.41 Å². The Labute approximate surface area is 138 Å². The van der Waals surface area contributed by atoms with Crippen molar-refractivity contribution in [1.82, 2.24) is 10.6 Å². The predicted molar refractivity (Wildman–Crippen MR) is 85.1 cm³/mol. The van der Waals surface area contributed by atoms with Crippen LogP contribution in [0.15, 0.2) is 35.5 Å². The molecular formula is C16H16F3N3S. The van der Waals surface area contributed by atoms with Crippen LogP contribution in [-0.2, 0) is 6.18 Å². The molecule has 7 heteroatoms. The third kappa shape index (κ3) is 3.48. The van der Waals surface area contributed by atoms with E-state index >= 15 is 0 Å². The summed E-state index contributed by atoms with van der Waals surface area (Å²) in [5, 5.41) is 15.4. The zero-order chi connectivity index (χ0) is 17.4. The van der Waals surface area contributed by atoms with E-state index in [1.807, 2.05) is 26.8 Å². The smallest absolute Gasteiger partial charge is 0.351 e. The average molecular weight is 339 g/mol. The second kappa shape index (κ2) is 5.85. The number of alkyl halides is 3. The van der Waals surface area contributed by atoms with Crippen LogP contribution in [0.3, 0.4) is 0 Å². The van der Waals surface area contributed by atoms with E-state index in [9.17, 15) is 18.4 Å². The number of rotatable bonds is 1. The van der Waals surface area contributed by atoms with Gasteiger partial charge >= 0.3 is 6.18 Å². The van der Waals surface area contributed by atoms with E-state index in [4.69, 9.17) is 12.2 Å². The lowest BCUT2D eigenvalue weighted by atomic mass is 9.83. The lowest BCUT2D eigenvalue weighted by molar-refractivity contribution is -0.138. The number of nitrogens with zero attached hydrogens (tertiary/aromatic N) is 1. The van der Waals surface area contributed by atoms with E-state index in [-0.39, 0.29) is 16.2 Å². The van der Waals surface area contributed by atoms with Crippen molar-refractivity contribution in [2.45, 2.75) is 33.0 Å². The van der Waals surface area contributed by atoms with E-state index in [2.05, 4.69) is 10.6 Å². The highest BCUT2D eigenvalue weighted by molar-refractivity contribution is 7.80. The molecule has 0 spiro atoms. The number of allylic oxidation sites excluding steroid dienone is 1. The fraction of sp³-hybridized carbons (Fsp3) is 0.375. The molecule has 1 atom stereocenters. The standard InChI is InChI=1S/C16H16F3N3S/c1-15(2,3)13-10(8-20)12(21-14(23)22-13)9-6-4-5-7-11(9)16(17,18)19/h4-7,12H,1-3H3,(H2,21,22,23)/t12-/m0/s1. The zero-order valence-corrected chi connectivity index (χ0v) is 13.7. The Morgan fingerprint density at radius 3 is 2.30 bits per heavy atom. The van der Waals surface area contributed by atoms with Crippen LogP contribution in [0, 0.1) is 16.7 Å². The van der Waals surface area contributed by atoms with Crippen molar-refractivity contribution in [2.75, 3.05) is 0 Å². The molecule has 0 aliphatic carbocycles. The van der Waals surface area contributed by atoms with Gasteiger partial charge in [-0.25, -0.2) is 0 Å². The third-order valence-corrected chi connectivity index (χ3v) is 3.74. The molecule has 1 heterocycles. The van der Waals surface area contributed by atoms with Crippen molar-refractivity contribution >= 4 is 17.3 Å². The molecule has 0 saturated carbocycles. The van der Waals surface area contributed by atoms with Gasteiger partial charge in [0.05, 0.1) is 23.2 Å². The summed E-state index contributed by atoms with van der Waals surface area (Å²) in [4.78, 5) is 0. The zero-order valence-electron chi connectivity index (χ0n) is 12.9. The molecule has 2 N–H and O–H groups in total. The number of hydrogen-bond donors (Lipinski definition) is 2. The molecule has 1 aliphatic rings. The molecule has 1 aliphatic heterocycles. The fourth-order valence-corrected chi connectivity index (χ4v) is 2.74. The van der Waals surface area contributed by atoms with Crippen LogP contribution < -0.4 is 10.6 Å². The van der Waals surface area contributed by atoms with Gasteiger partial charge in [0.25, 0.3) is 0 Å². The van der Waals surface area contributed by atoms with E-state index in [1.165, 1.54) is 18.2 Å². The molecule has 3 nitrogen and oxygen atoms in total. The lowest BCUT2D eigenvalue weighted by Gasteiger charge is -2.35. The molecule has 0 radical (unpaired) electrons. The summed E-state index contributed by atoms with van der Waals surface area (Å²) < 4.78 is 39.9. The van der Waals surface area contributed by atoms with Crippen molar-refractivity contribution < 1.29 is 13.2 Å². The number of benzene rings is 1. The molecular weight excluding hydrogens is 323 g/mol. The first-order valence-electron chi connectivity index (χ1n) is 6.94. The normalized spacial score (nSPS) is 19.0. The molecule has 1 aromatic rings. The van der Waals surface area contributed by atoms with Crippen LogP contribution >= 0.6 is 12.2 Å². The summed E-state index contributed by atoms with van der Waals surface area (Å²) in [5.74, 6) is 0. The first-order valence-corrected chi connectivity index (χ1v) is 7.35. The Morgan fingerprint density at radius 1 is 1.17 bits per heavy atom. The minimum atomic E-state index is -4.51. The highest BCUT2D eigenvalue weighted by Gasteiger charge is 2.39. The van der Waals surface area contributed by atoms with Gasteiger partial charge in [-0.05, 0) is 23.8 Å². The second-order valence-corrected chi connectivity index (χ2v) is 6.68. The second-order valence-electron chi connectivity index (χ2n) is 6.27. The van der Waals surface area contributed by atoms with Crippen molar-refractivity contribution in [3.63, 3.8) is 0 Å². The number of thiocarbonyl (C=S) groups is 1. The maximum absolute atomic E-state index is 13.3. The van der Waals surface area contributed by atoms with Gasteiger partial charge in [-0.2, -0.15) is 18.4 Å². The molecule has 23 heavy (non-hydrogen) atoms. The number of hydrogen-bond acceptors (Lipinski definition) is 2. The fourth-order valence-electron chi connectivity index (χ4n) is 2.52. The van der Waals surface area contributed by atoms with Crippen LogP contribution in [0.2, 0.25) is 0 Å². The van der Waals surface area contributed by atoms with E-state index < -0.39 is 23.2 Å². The first kappa shape index (κ1) is 17.3. The SMILES string of the molecule is CC(C)(C)C1=C(C#N)[C@H](c2ccccc2C(F)(F)F)NC(=S)N1. The number of nitriles is 1.